The summed E-state index contributed by atoms with van der Waals surface area (Å²) < 4.78 is 5.27. The van der Waals surface area contributed by atoms with Crippen LogP contribution < -0.4 is 0 Å². The minimum absolute atomic E-state index is 0.201. The predicted octanol–water partition coefficient (Wildman–Crippen LogP) is 5.49. The van der Waals surface area contributed by atoms with Gasteiger partial charge in [0.2, 0.25) is 0 Å². The molecule has 4 heteroatoms. The predicted molar refractivity (Wildman–Crippen MR) is 88.9 cm³/mol. The lowest BCUT2D eigenvalue weighted by Crippen LogP contribution is -2.01. The van der Waals surface area contributed by atoms with Crippen molar-refractivity contribution < 1.29 is 14.3 Å². The van der Waals surface area contributed by atoms with Gasteiger partial charge in [-0.25, -0.2) is 0 Å². The van der Waals surface area contributed by atoms with Crippen LogP contribution in [0.4, 0.5) is 0 Å². The van der Waals surface area contributed by atoms with E-state index < -0.39 is 8.60 Å². The SMILES string of the molecule is CCCCCCCCCCC(OP(O)O)c1ccccc1. The summed E-state index contributed by atoms with van der Waals surface area (Å²) in [4.78, 5) is 18.2. The van der Waals surface area contributed by atoms with Crippen LogP contribution in [0.25, 0.3) is 0 Å². The van der Waals surface area contributed by atoms with E-state index in [1.54, 1.807) is 0 Å². The highest BCUT2D eigenvalue weighted by molar-refractivity contribution is 7.39. The lowest BCUT2D eigenvalue weighted by Gasteiger charge is -2.18. The fourth-order valence-electron chi connectivity index (χ4n) is 2.53. The molecule has 1 atom stereocenters. The molecule has 1 rings (SSSR count). The molecule has 0 heterocycles. The molecule has 0 fully saturated rings. The first-order chi connectivity index (χ1) is 10.2. The molecule has 21 heavy (non-hydrogen) atoms. The van der Waals surface area contributed by atoms with Crippen LogP contribution in [0, 0.1) is 0 Å². The normalized spacial score (nSPS) is 12.8. The van der Waals surface area contributed by atoms with E-state index in [0.717, 1.165) is 18.4 Å². The van der Waals surface area contributed by atoms with Gasteiger partial charge >= 0.3 is 8.60 Å². The maximum atomic E-state index is 9.11. The number of benzene rings is 1. The van der Waals surface area contributed by atoms with Gasteiger partial charge in [0.05, 0.1) is 6.10 Å². The number of hydrogen-bond acceptors (Lipinski definition) is 3. The van der Waals surface area contributed by atoms with E-state index in [-0.39, 0.29) is 6.10 Å². The fourth-order valence-corrected chi connectivity index (χ4v) is 2.98. The summed E-state index contributed by atoms with van der Waals surface area (Å²) in [5.41, 5.74) is 1.02. The molecule has 0 aliphatic rings. The Morgan fingerprint density at radius 1 is 0.905 bits per heavy atom. The molecule has 0 spiro atoms. The molecule has 0 aromatic heterocycles. The van der Waals surface area contributed by atoms with Crippen LogP contribution in [-0.2, 0) is 4.52 Å². The van der Waals surface area contributed by atoms with Gasteiger partial charge in [-0.15, -0.1) is 0 Å². The highest BCUT2D eigenvalue weighted by Crippen LogP contribution is 2.37. The topological polar surface area (TPSA) is 49.7 Å². The van der Waals surface area contributed by atoms with Crippen molar-refractivity contribution in [3.8, 4) is 0 Å². The second-order valence-corrected chi connectivity index (χ2v) is 6.24. The van der Waals surface area contributed by atoms with Crippen molar-refractivity contribution in [1.82, 2.24) is 0 Å². The Labute approximate surface area is 130 Å². The van der Waals surface area contributed by atoms with Gasteiger partial charge < -0.3 is 14.3 Å². The highest BCUT2D eigenvalue weighted by Gasteiger charge is 2.15. The summed E-state index contributed by atoms with van der Waals surface area (Å²) in [5.74, 6) is 0. The van der Waals surface area contributed by atoms with Crippen molar-refractivity contribution in [3.05, 3.63) is 35.9 Å². The van der Waals surface area contributed by atoms with E-state index >= 15 is 0 Å². The molecule has 0 aliphatic carbocycles. The minimum atomic E-state index is -2.30. The average molecular weight is 312 g/mol. The van der Waals surface area contributed by atoms with E-state index in [1.165, 1.54) is 44.9 Å². The summed E-state index contributed by atoms with van der Waals surface area (Å²) in [6.07, 6.45) is 10.8. The number of rotatable bonds is 12. The third-order valence-electron chi connectivity index (χ3n) is 3.71. The zero-order valence-electron chi connectivity index (χ0n) is 13.1. The lowest BCUT2D eigenvalue weighted by molar-refractivity contribution is 0.161. The maximum absolute atomic E-state index is 9.11. The van der Waals surface area contributed by atoms with Crippen LogP contribution in [0.1, 0.15) is 76.4 Å². The van der Waals surface area contributed by atoms with Gasteiger partial charge in [0.15, 0.2) is 0 Å². The molecule has 0 aliphatic heterocycles. The van der Waals surface area contributed by atoms with E-state index in [1.807, 2.05) is 30.3 Å². The third kappa shape index (κ3) is 9.21. The van der Waals surface area contributed by atoms with Crippen LogP contribution in [0.2, 0.25) is 0 Å². The number of unbranched alkanes of at least 4 members (excludes halogenated alkanes) is 7. The Hall–Kier alpha value is -0.470. The van der Waals surface area contributed by atoms with Crippen molar-refractivity contribution in [3.63, 3.8) is 0 Å². The van der Waals surface area contributed by atoms with Crippen LogP contribution >= 0.6 is 8.60 Å². The van der Waals surface area contributed by atoms with Crippen molar-refractivity contribution in [2.24, 2.45) is 0 Å². The smallest absolute Gasteiger partial charge is 0.327 e. The average Bonchev–Trinajstić information content (AvgIpc) is 2.49. The van der Waals surface area contributed by atoms with Crippen LogP contribution in [0.3, 0.4) is 0 Å². The van der Waals surface area contributed by atoms with Gasteiger partial charge in [0.1, 0.15) is 0 Å². The Balaban J connectivity index is 2.22. The van der Waals surface area contributed by atoms with Crippen molar-refractivity contribution >= 4 is 8.60 Å². The monoisotopic (exact) mass is 312 g/mol. The summed E-state index contributed by atoms with van der Waals surface area (Å²) in [6, 6.07) is 9.83. The summed E-state index contributed by atoms with van der Waals surface area (Å²) in [5, 5.41) is 0. The molecular formula is C17H29O3P. The molecule has 0 saturated heterocycles. The molecule has 0 radical (unpaired) electrons. The van der Waals surface area contributed by atoms with Crippen molar-refractivity contribution in [2.45, 2.75) is 70.8 Å². The zero-order chi connectivity index (χ0) is 15.3. The Morgan fingerprint density at radius 3 is 2.05 bits per heavy atom. The summed E-state index contributed by atoms with van der Waals surface area (Å²) in [6.45, 7) is 2.24. The van der Waals surface area contributed by atoms with Crippen LogP contribution in [-0.4, -0.2) is 9.79 Å². The highest BCUT2D eigenvalue weighted by atomic mass is 31.2. The molecule has 2 N–H and O–H groups in total. The van der Waals surface area contributed by atoms with E-state index in [2.05, 4.69) is 6.92 Å². The second-order valence-electron chi connectivity index (χ2n) is 5.52. The van der Waals surface area contributed by atoms with Gasteiger partial charge in [-0.05, 0) is 12.0 Å². The molecular weight excluding hydrogens is 283 g/mol. The lowest BCUT2D eigenvalue weighted by atomic mass is 10.0. The van der Waals surface area contributed by atoms with Gasteiger partial charge in [-0.2, -0.15) is 0 Å². The molecule has 0 bridgehead atoms. The molecule has 0 saturated carbocycles. The molecule has 1 unspecified atom stereocenters. The van der Waals surface area contributed by atoms with E-state index in [9.17, 15) is 0 Å². The molecule has 3 nitrogen and oxygen atoms in total. The van der Waals surface area contributed by atoms with Gasteiger partial charge in [-0.3, -0.25) is 0 Å². The Bertz CT molecular complexity index is 343. The van der Waals surface area contributed by atoms with Crippen LogP contribution in [0.5, 0.6) is 0 Å². The van der Waals surface area contributed by atoms with Crippen molar-refractivity contribution in [2.75, 3.05) is 0 Å². The number of hydrogen-bond donors (Lipinski definition) is 2. The Kier molecular flexibility index (Phi) is 10.7. The van der Waals surface area contributed by atoms with E-state index in [4.69, 9.17) is 14.3 Å². The molecule has 1 aromatic rings. The zero-order valence-corrected chi connectivity index (χ0v) is 14.0. The first kappa shape index (κ1) is 18.6. The summed E-state index contributed by atoms with van der Waals surface area (Å²) >= 11 is 0. The first-order valence-corrected chi connectivity index (χ1v) is 9.30. The first-order valence-electron chi connectivity index (χ1n) is 8.13. The maximum Gasteiger partial charge on any atom is 0.327 e. The fraction of sp³-hybridized carbons (Fsp3) is 0.647. The second kappa shape index (κ2) is 12.1. The minimum Gasteiger partial charge on any atom is -0.328 e. The van der Waals surface area contributed by atoms with Gasteiger partial charge in [0.25, 0.3) is 0 Å². The molecule has 120 valence electrons. The molecule has 1 aromatic carbocycles. The Morgan fingerprint density at radius 2 is 1.48 bits per heavy atom. The van der Waals surface area contributed by atoms with Crippen LogP contribution in [0.15, 0.2) is 30.3 Å². The van der Waals surface area contributed by atoms with Crippen molar-refractivity contribution in [1.29, 1.82) is 0 Å². The third-order valence-corrected chi connectivity index (χ3v) is 4.16. The standard InChI is InChI=1S/C17H29O3P/c1-2-3-4-5-6-7-8-12-15-17(20-21(18)19)16-13-10-9-11-14-16/h9-11,13-14,17-19H,2-8,12,15H2,1H3. The quantitative estimate of drug-likeness (QED) is 0.396. The van der Waals surface area contributed by atoms with E-state index in [0.29, 0.717) is 0 Å². The van der Waals surface area contributed by atoms with Gasteiger partial charge in [0, 0.05) is 0 Å². The van der Waals surface area contributed by atoms with Gasteiger partial charge in [-0.1, -0.05) is 88.6 Å². The molecule has 0 amide bonds. The largest absolute Gasteiger partial charge is 0.328 e. The summed E-state index contributed by atoms with van der Waals surface area (Å²) in [7, 11) is -2.30.